The van der Waals surface area contributed by atoms with Crippen LogP contribution >= 0.6 is 0 Å². The highest BCUT2D eigenvalue weighted by molar-refractivity contribution is 5.76. The largest absolute Gasteiger partial charge is 0.356 e. The monoisotopic (exact) mass is 239 g/mol. The average molecular weight is 239 g/mol. The van der Waals surface area contributed by atoms with Crippen LogP contribution in [-0.4, -0.2) is 49.6 Å². The van der Waals surface area contributed by atoms with E-state index in [-0.39, 0.29) is 5.91 Å². The number of carbonyl (C=O) groups excluding carboxylic acids is 1. The van der Waals surface area contributed by atoms with Gasteiger partial charge >= 0.3 is 0 Å². The molecule has 0 radical (unpaired) electrons. The molecule has 1 amide bonds. The Bertz CT molecular complexity index is 247. The van der Waals surface area contributed by atoms with Crippen LogP contribution in [0.2, 0.25) is 0 Å². The van der Waals surface area contributed by atoms with Crippen molar-refractivity contribution in [2.75, 3.05) is 32.7 Å². The molecule has 0 aromatic heterocycles. The number of nitrogens with one attached hydrogen (secondary N) is 2. The first-order valence-electron chi connectivity index (χ1n) is 6.97. The lowest BCUT2D eigenvalue weighted by molar-refractivity contribution is -0.122. The molecule has 0 spiro atoms. The van der Waals surface area contributed by atoms with Gasteiger partial charge in [-0.2, -0.15) is 0 Å². The van der Waals surface area contributed by atoms with Crippen molar-refractivity contribution < 1.29 is 4.79 Å². The van der Waals surface area contributed by atoms with Gasteiger partial charge in [-0.3, -0.25) is 9.69 Å². The van der Waals surface area contributed by atoms with Gasteiger partial charge in [0.05, 0.1) is 0 Å². The van der Waals surface area contributed by atoms with Crippen molar-refractivity contribution in [3.63, 3.8) is 0 Å². The van der Waals surface area contributed by atoms with Crippen LogP contribution in [0.25, 0.3) is 0 Å². The van der Waals surface area contributed by atoms with Crippen LogP contribution in [0, 0.1) is 5.92 Å². The zero-order valence-corrected chi connectivity index (χ0v) is 10.9. The quantitative estimate of drug-likeness (QED) is 0.738. The Labute approximate surface area is 104 Å². The molecule has 17 heavy (non-hydrogen) atoms. The summed E-state index contributed by atoms with van der Waals surface area (Å²) in [5.41, 5.74) is 0. The maximum absolute atomic E-state index is 11.8. The molecule has 4 heteroatoms. The van der Waals surface area contributed by atoms with Crippen molar-refractivity contribution in [1.29, 1.82) is 0 Å². The fraction of sp³-hybridized carbons (Fsp3) is 0.923. The van der Waals surface area contributed by atoms with E-state index in [0.29, 0.717) is 12.5 Å². The predicted molar refractivity (Wildman–Crippen MR) is 68.9 cm³/mol. The number of piperazine rings is 1. The molecule has 0 bridgehead atoms. The maximum atomic E-state index is 11.8. The molecule has 2 N–H and O–H groups in total. The fourth-order valence-corrected chi connectivity index (χ4v) is 2.55. The van der Waals surface area contributed by atoms with E-state index in [1.807, 2.05) is 0 Å². The molecule has 2 aliphatic rings. The Morgan fingerprint density at radius 2 is 2.12 bits per heavy atom. The van der Waals surface area contributed by atoms with Gasteiger partial charge in [-0.25, -0.2) is 0 Å². The first kappa shape index (κ1) is 12.8. The molecule has 0 aromatic carbocycles. The van der Waals surface area contributed by atoms with E-state index in [4.69, 9.17) is 0 Å². The van der Waals surface area contributed by atoms with Gasteiger partial charge in [0.2, 0.25) is 5.91 Å². The van der Waals surface area contributed by atoms with Gasteiger partial charge < -0.3 is 10.6 Å². The van der Waals surface area contributed by atoms with Crippen LogP contribution in [0.1, 0.15) is 32.6 Å². The van der Waals surface area contributed by atoms with Crippen molar-refractivity contribution in [2.24, 2.45) is 5.92 Å². The molecule has 4 nitrogen and oxygen atoms in total. The third-order valence-corrected chi connectivity index (χ3v) is 4.07. The third kappa shape index (κ3) is 3.96. The zero-order valence-electron chi connectivity index (χ0n) is 10.9. The number of carbonyl (C=O) groups is 1. The molecule has 2 rings (SSSR count). The summed E-state index contributed by atoms with van der Waals surface area (Å²) >= 11 is 0. The smallest absolute Gasteiger partial charge is 0.221 e. The minimum atomic E-state index is 0.225. The molecule has 1 heterocycles. The molecule has 1 saturated heterocycles. The lowest BCUT2D eigenvalue weighted by atomic mass is 9.85. The molecule has 1 aliphatic carbocycles. The summed E-state index contributed by atoms with van der Waals surface area (Å²) in [5.74, 6) is 0.983. The molecule has 1 atom stereocenters. The molecular weight excluding hydrogens is 214 g/mol. The number of nitrogens with zero attached hydrogens (tertiary/aromatic N) is 1. The van der Waals surface area contributed by atoms with Crippen LogP contribution in [-0.2, 0) is 4.79 Å². The minimum absolute atomic E-state index is 0.225. The van der Waals surface area contributed by atoms with Crippen molar-refractivity contribution in [3.05, 3.63) is 0 Å². The average Bonchev–Trinajstić information content (AvgIpc) is 2.28. The summed E-state index contributed by atoms with van der Waals surface area (Å²) in [4.78, 5) is 14.2. The standard InChI is InChI=1S/C13H25N3O/c1-11(16-7-5-14-6-8-16)9-13(17)15-10-12-3-2-4-12/h11-12,14H,2-10H2,1H3,(H,15,17). The normalized spacial score (nSPS) is 24.1. The van der Waals surface area contributed by atoms with E-state index in [2.05, 4.69) is 22.5 Å². The van der Waals surface area contributed by atoms with E-state index in [1.54, 1.807) is 0 Å². The summed E-state index contributed by atoms with van der Waals surface area (Å²) in [7, 11) is 0. The summed E-state index contributed by atoms with van der Waals surface area (Å²) in [6.45, 7) is 7.29. The van der Waals surface area contributed by atoms with E-state index < -0.39 is 0 Å². The van der Waals surface area contributed by atoms with Crippen LogP contribution in [0.5, 0.6) is 0 Å². The Balaban J connectivity index is 1.62. The number of hydrogen-bond donors (Lipinski definition) is 2. The van der Waals surface area contributed by atoms with Gasteiger partial charge in [0.25, 0.3) is 0 Å². The minimum Gasteiger partial charge on any atom is -0.356 e. The number of hydrogen-bond acceptors (Lipinski definition) is 3. The summed E-state index contributed by atoms with van der Waals surface area (Å²) in [5, 5.41) is 6.41. The van der Waals surface area contributed by atoms with Gasteiger partial charge in [-0.15, -0.1) is 0 Å². The first-order valence-corrected chi connectivity index (χ1v) is 6.97. The van der Waals surface area contributed by atoms with Crippen LogP contribution < -0.4 is 10.6 Å². The highest BCUT2D eigenvalue weighted by Gasteiger charge is 2.21. The predicted octanol–water partition coefficient (Wildman–Crippen LogP) is 0.587. The summed E-state index contributed by atoms with van der Waals surface area (Å²) in [6, 6.07) is 0.374. The van der Waals surface area contributed by atoms with Crippen LogP contribution in [0.4, 0.5) is 0 Å². The number of amides is 1. The highest BCUT2D eigenvalue weighted by atomic mass is 16.1. The lowest BCUT2D eigenvalue weighted by Gasteiger charge is -2.32. The van der Waals surface area contributed by atoms with Gasteiger partial charge in [0, 0.05) is 45.2 Å². The second kappa shape index (κ2) is 6.36. The number of rotatable bonds is 5. The molecule has 0 aromatic rings. The van der Waals surface area contributed by atoms with Crippen LogP contribution in [0.3, 0.4) is 0 Å². The third-order valence-electron chi connectivity index (χ3n) is 4.07. The van der Waals surface area contributed by atoms with Gasteiger partial charge in [0.15, 0.2) is 0 Å². The lowest BCUT2D eigenvalue weighted by Crippen LogP contribution is -2.48. The first-order chi connectivity index (χ1) is 8.25. The maximum Gasteiger partial charge on any atom is 0.221 e. The molecule has 98 valence electrons. The van der Waals surface area contributed by atoms with E-state index in [9.17, 15) is 4.79 Å². The Hall–Kier alpha value is -0.610. The molecular formula is C13H25N3O. The Morgan fingerprint density at radius 3 is 2.71 bits per heavy atom. The van der Waals surface area contributed by atoms with Crippen molar-refractivity contribution in [1.82, 2.24) is 15.5 Å². The second-order valence-electron chi connectivity index (χ2n) is 5.44. The highest BCUT2D eigenvalue weighted by Crippen LogP contribution is 2.25. The van der Waals surface area contributed by atoms with Crippen molar-refractivity contribution in [2.45, 2.75) is 38.6 Å². The second-order valence-corrected chi connectivity index (χ2v) is 5.44. The van der Waals surface area contributed by atoms with Gasteiger partial charge in [0.1, 0.15) is 0 Å². The fourth-order valence-electron chi connectivity index (χ4n) is 2.55. The zero-order chi connectivity index (χ0) is 12.1. The van der Waals surface area contributed by atoms with E-state index in [1.165, 1.54) is 19.3 Å². The van der Waals surface area contributed by atoms with Gasteiger partial charge in [-0.05, 0) is 25.7 Å². The van der Waals surface area contributed by atoms with E-state index in [0.717, 1.165) is 38.6 Å². The topological polar surface area (TPSA) is 44.4 Å². The molecule has 1 aliphatic heterocycles. The van der Waals surface area contributed by atoms with E-state index >= 15 is 0 Å². The molecule has 1 saturated carbocycles. The summed E-state index contributed by atoms with van der Waals surface area (Å²) < 4.78 is 0. The summed E-state index contributed by atoms with van der Waals surface area (Å²) in [6.07, 6.45) is 4.59. The Kier molecular flexibility index (Phi) is 4.80. The van der Waals surface area contributed by atoms with Crippen molar-refractivity contribution >= 4 is 5.91 Å². The Morgan fingerprint density at radius 1 is 1.41 bits per heavy atom. The molecule has 2 fully saturated rings. The van der Waals surface area contributed by atoms with Crippen molar-refractivity contribution in [3.8, 4) is 0 Å². The van der Waals surface area contributed by atoms with Gasteiger partial charge in [-0.1, -0.05) is 6.42 Å². The molecule has 1 unspecified atom stereocenters. The van der Waals surface area contributed by atoms with Crippen LogP contribution in [0.15, 0.2) is 0 Å². The SMILES string of the molecule is CC(CC(=O)NCC1CCC1)N1CCNCC1.